The number of halogens is 3. The SMILES string of the molecule is CNCC1CCCN(S(=O)(=O)c2c(F)cccc2Br)C1.Cl. The van der Waals surface area contributed by atoms with E-state index in [4.69, 9.17) is 0 Å². The number of hydrogen-bond donors (Lipinski definition) is 1. The highest BCUT2D eigenvalue weighted by molar-refractivity contribution is 9.10. The fourth-order valence-electron chi connectivity index (χ4n) is 2.56. The maximum absolute atomic E-state index is 13.9. The zero-order valence-electron chi connectivity index (χ0n) is 11.7. The molecule has 21 heavy (non-hydrogen) atoms. The molecule has 1 fully saturated rings. The monoisotopic (exact) mass is 400 g/mol. The van der Waals surface area contributed by atoms with Gasteiger partial charge in [0.25, 0.3) is 0 Å². The van der Waals surface area contributed by atoms with Crippen LogP contribution in [0.3, 0.4) is 0 Å². The molecule has 1 saturated heterocycles. The largest absolute Gasteiger partial charge is 0.319 e. The van der Waals surface area contributed by atoms with Crippen molar-refractivity contribution in [1.82, 2.24) is 9.62 Å². The van der Waals surface area contributed by atoms with E-state index in [2.05, 4.69) is 21.2 Å². The Kier molecular flexibility index (Phi) is 7.06. The zero-order chi connectivity index (χ0) is 14.8. The number of hydrogen-bond acceptors (Lipinski definition) is 3. The standard InChI is InChI=1S/C13H18BrFN2O2S.ClH/c1-16-8-10-4-3-7-17(9-10)20(18,19)13-11(14)5-2-6-12(13)15;/h2,5-6,10,16H,3-4,7-9H2,1H3;1H. The number of rotatable bonds is 4. The fourth-order valence-corrected chi connectivity index (χ4v) is 5.18. The smallest absolute Gasteiger partial charge is 0.247 e. The lowest BCUT2D eigenvalue weighted by Crippen LogP contribution is -2.42. The molecule has 8 heteroatoms. The normalized spacial score (nSPS) is 20.0. The van der Waals surface area contributed by atoms with E-state index >= 15 is 0 Å². The Labute approximate surface area is 139 Å². The molecular formula is C13H19BrClFN2O2S. The van der Waals surface area contributed by atoms with E-state index in [0.717, 1.165) is 19.4 Å². The highest BCUT2D eigenvalue weighted by Crippen LogP contribution is 2.30. The number of benzene rings is 1. The molecule has 0 spiro atoms. The first-order valence-corrected chi connectivity index (χ1v) is 8.79. The van der Waals surface area contributed by atoms with Crippen LogP contribution >= 0.6 is 28.3 Å². The second kappa shape index (κ2) is 7.87. The van der Waals surface area contributed by atoms with Crippen molar-refractivity contribution in [2.45, 2.75) is 17.7 Å². The molecular weight excluding hydrogens is 383 g/mol. The zero-order valence-corrected chi connectivity index (χ0v) is 14.9. The van der Waals surface area contributed by atoms with Crippen LogP contribution in [0, 0.1) is 11.7 Å². The second-order valence-electron chi connectivity index (χ2n) is 4.98. The Balaban J connectivity index is 0.00000220. The number of nitrogens with one attached hydrogen (secondary N) is 1. The maximum atomic E-state index is 13.9. The highest BCUT2D eigenvalue weighted by Gasteiger charge is 2.33. The molecule has 1 aromatic rings. The van der Waals surface area contributed by atoms with E-state index in [1.807, 2.05) is 7.05 Å². The van der Waals surface area contributed by atoms with Gasteiger partial charge in [0, 0.05) is 17.6 Å². The Hall–Kier alpha value is -0.210. The van der Waals surface area contributed by atoms with Gasteiger partial charge in [0.15, 0.2) is 0 Å². The van der Waals surface area contributed by atoms with E-state index in [-0.39, 0.29) is 27.7 Å². The van der Waals surface area contributed by atoms with Crippen LogP contribution < -0.4 is 5.32 Å². The quantitative estimate of drug-likeness (QED) is 0.844. The van der Waals surface area contributed by atoms with Crippen LogP contribution in [-0.4, -0.2) is 39.4 Å². The van der Waals surface area contributed by atoms with Crippen LogP contribution in [0.25, 0.3) is 0 Å². The molecule has 1 heterocycles. The van der Waals surface area contributed by atoms with Gasteiger partial charge in [0.05, 0.1) is 0 Å². The van der Waals surface area contributed by atoms with Crippen molar-refractivity contribution in [3.8, 4) is 0 Å². The first kappa shape index (κ1) is 18.8. The molecule has 1 aromatic carbocycles. The van der Waals surface area contributed by atoms with Crippen molar-refractivity contribution < 1.29 is 12.8 Å². The van der Waals surface area contributed by atoms with Crippen molar-refractivity contribution in [3.63, 3.8) is 0 Å². The third-order valence-electron chi connectivity index (χ3n) is 3.49. The Morgan fingerprint density at radius 3 is 2.81 bits per heavy atom. The molecule has 1 N–H and O–H groups in total. The minimum absolute atomic E-state index is 0. The minimum atomic E-state index is -3.79. The lowest BCUT2D eigenvalue weighted by Gasteiger charge is -2.32. The van der Waals surface area contributed by atoms with Crippen LogP contribution in [0.5, 0.6) is 0 Å². The average Bonchev–Trinajstić information content (AvgIpc) is 2.39. The summed E-state index contributed by atoms with van der Waals surface area (Å²) in [7, 11) is -1.94. The molecule has 1 aliphatic heterocycles. The lowest BCUT2D eigenvalue weighted by atomic mass is 10.00. The molecule has 0 bridgehead atoms. The molecule has 1 unspecified atom stereocenters. The summed E-state index contributed by atoms with van der Waals surface area (Å²) in [5.74, 6) is -0.441. The second-order valence-corrected chi connectivity index (χ2v) is 7.71. The summed E-state index contributed by atoms with van der Waals surface area (Å²) < 4.78 is 40.8. The van der Waals surface area contributed by atoms with E-state index in [0.29, 0.717) is 13.1 Å². The molecule has 120 valence electrons. The average molecular weight is 402 g/mol. The summed E-state index contributed by atoms with van der Waals surface area (Å²) in [6.07, 6.45) is 1.79. The third kappa shape index (κ3) is 4.16. The van der Waals surface area contributed by atoms with Crippen molar-refractivity contribution in [2.24, 2.45) is 5.92 Å². The molecule has 0 aliphatic carbocycles. The van der Waals surface area contributed by atoms with E-state index in [1.165, 1.54) is 16.4 Å². The fraction of sp³-hybridized carbons (Fsp3) is 0.538. The van der Waals surface area contributed by atoms with E-state index < -0.39 is 15.8 Å². The van der Waals surface area contributed by atoms with Crippen LogP contribution in [0.15, 0.2) is 27.6 Å². The van der Waals surface area contributed by atoms with Crippen LogP contribution in [0.4, 0.5) is 4.39 Å². The number of piperidine rings is 1. The van der Waals surface area contributed by atoms with Gasteiger partial charge in [0.1, 0.15) is 10.7 Å². The summed E-state index contributed by atoms with van der Waals surface area (Å²) in [5, 5.41) is 3.07. The van der Waals surface area contributed by atoms with Gasteiger partial charge in [0.2, 0.25) is 10.0 Å². The molecule has 2 rings (SSSR count). The van der Waals surface area contributed by atoms with Gasteiger partial charge in [-0.3, -0.25) is 0 Å². The van der Waals surface area contributed by atoms with Gasteiger partial charge in [-0.15, -0.1) is 12.4 Å². The summed E-state index contributed by atoms with van der Waals surface area (Å²) in [4.78, 5) is -0.259. The van der Waals surface area contributed by atoms with Crippen LogP contribution in [0.2, 0.25) is 0 Å². The van der Waals surface area contributed by atoms with Gasteiger partial charge in [-0.1, -0.05) is 6.07 Å². The maximum Gasteiger partial charge on any atom is 0.247 e. The topological polar surface area (TPSA) is 49.4 Å². The number of nitrogens with zero attached hydrogens (tertiary/aromatic N) is 1. The Bertz CT molecular complexity index is 563. The van der Waals surface area contributed by atoms with E-state index in [9.17, 15) is 12.8 Å². The molecule has 0 aromatic heterocycles. The van der Waals surface area contributed by atoms with Crippen LogP contribution in [0.1, 0.15) is 12.8 Å². The van der Waals surface area contributed by atoms with Crippen molar-refractivity contribution >= 4 is 38.4 Å². The summed E-state index contributed by atoms with van der Waals surface area (Å²) in [5.41, 5.74) is 0. The molecule has 1 atom stereocenters. The molecule has 4 nitrogen and oxygen atoms in total. The molecule has 0 radical (unpaired) electrons. The molecule has 1 aliphatic rings. The van der Waals surface area contributed by atoms with Crippen LogP contribution in [-0.2, 0) is 10.0 Å². The summed E-state index contributed by atoms with van der Waals surface area (Å²) in [6.45, 7) is 1.65. The van der Waals surface area contributed by atoms with Gasteiger partial charge in [-0.2, -0.15) is 4.31 Å². The first-order valence-electron chi connectivity index (χ1n) is 6.55. The minimum Gasteiger partial charge on any atom is -0.319 e. The van der Waals surface area contributed by atoms with Crippen molar-refractivity contribution in [2.75, 3.05) is 26.7 Å². The molecule has 0 saturated carbocycles. The van der Waals surface area contributed by atoms with E-state index in [1.54, 1.807) is 6.07 Å². The Morgan fingerprint density at radius 1 is 1.48 bits per heavy atom. The van der Waals surface area contributed by atoms with Gasteiger partial charge in [-0.05, 0) is 60.4 Å². The molecule has 0 amide bonds. The van der Waals surface area contributed by atoms with Gasteiger partial charge < -0.3 is 5.32 Å². The Morgan fingerprint density at radius 2 is 2.19 bits per heavy atom. The van der Waals surface area contributed by atoms with Gasteiger partial charge in [-0.25, -0.2) is 12.8 Å². The van der Waals surface area contributed by atoms with Crippen molar-refractivity contribution in [3.05, 3.63) is 28.5 Å². The van der Waals surface area contributed by atoms with Crippen molar-refractivity contribution in [1.29, 1.82) is 0 Å². The first-order chi connectivity index (χ1) is 9.46. The number of sulfonamides is 1. The highest BCUT2D eigenvalue weighted by atomic mass is 79.9. The summed E-state index contributed by atoms with van der Waals surface area (Å²) in [6, 6.07) is 4.20. The summed E-state index contributed by atoms with van der Waals surface area (Å²) >= 11 is 3.14. The van der Waals surface area contributed by atoms with Gasteiger partial charge >= 0.3 is 0 Å². The predicted molar refractivity (Wildman–Crippen MR) is 86.8 cm³/mol. The third-order valence-corrected chi connectivity index (χ3v) is 6.36. The lowest BCUT2D eigenvalue weighted by molar-refractivity contribution is 0.262. The predicted octanol–water partition coefficient (Wildman–Crippen LogP) is 2.63.